The van der Waals surface area contributed by atoms with Crippen molar-refractivity contribution in [3.05, 3.63) is 23.8 Å². The Balaban J connectivity index is 1.74. The van der Waals surface area contributed by atoms with Crippen molar-refractivity contribution < 1.29 is 33.3 Å². The van der Waals surface area contributed by atoms with Crippen molar-refractivity contribution in [1.82, 2.24) is 10.2 Å². The van der Waals surface area contributed by atoms with Crippen LogP contribution in [0.15, 0.2) is 18.2 Å². The normalized spacial score (nSPS) is 22.5. The first-order valence-electron chi connectivity index (χ1n) is 13.5. The molecule has 2 fully saturated rings. The third-order valence-corrected chi connectivity index (χ3v) is 7.45. The smallest absolute Gasteiger partial charge is 0.329 e. The summed E-state index contributed by atoms with van der Waals surface area (Å²) in [5.41, 5.74) is 0.719. The van der Waals surface area contributed by atoms with Crippen molar-refractivity contribution in [1.29, 1.82) is 0 Å². The molecule has 0 radical (unpaired) electrons. The number of methoxy groups -OCH3 is 2. The maximum absolute atomic E-state index is 13.8. The summed E-state index contributed by atoms with van der Waals surface area (Å²) in [6, 6.07) is 3.48. The van der Waals surface area contributed by atoms with Gasteiger partial charge in [-0.05, 0) is 57.6 Å². The fourth-order valence-electron chi connectivity index (χ4n) is 5.60. The monoisotopic (exact) mass is 518 g/mol. The average molecular weight is 519 g/mol. The second-order valence-electron chi connectivity index (χ2n) is 9.88. The Labute approximate surface area is 220 Å². The Hall–Kier alpha value is -2.81. The van der Waals surface area contributed by atoms with Crippen molar-refractivity contribution in [3.8, 4) is 11.5 Å². The first-order valence-corrected chi connectivity index (χ1v) is 13.5. The molecular formula is C28H42N2O7. The molecule has 37 heavy (non-hydrogen) atoms. The number of benzene rings is 1. The molecule has 1 aliphatic carbocycles. The van der Waals surface area contributed by atoms with Gasteiger partial charge in [0.2, 0.25) is 5.91 Å². The molecule has 1 N–H and O–H groups in total. The van der Waals surface area contributed by atoms with Gasteiger partial charge in [0.1, 0.15) is 30.2 Å². The number of carbonyl (C=O) groups excluding carboxylic acids is 3. The number of hydrogen-bond donors (Lipinski definition) is 1. The Morgan fingerprint density at radius 3 is 2.51 bits per heavy atom. The van der Waals surface area contributed by atoms with E-state index in [9.17, 15) is 14.4 Å². The van der Waals surface area contributed by atoms with E-state index >= 15 is 0 Å². The van der Waals surface area contributed by atoms with Crippen molar-refractivity contribution in [3.63, 3.8) is 0 Å². The first-order chi connectivity index (χ1) is 17.8. The molecule has 9 heteroatoms. The second-order valence-corrected chi connectivity index (χ2v) is 9.88. The minimum absolute atomic E-state index is 0.00536. The van der Waals surface area contributed by atoms with Gasteiger partial charge in [-0.3, -0.25) is 14.9 Å². The molecular weight excluding hydrogens is 476 g/mol. The van der Waals surface area contributed by atoms with Gasteiger partial charge in [0.05, 0.1) is 26.9 Å². The average Bonchev–Trinajstić information content (AvgIpc) is 3.30. The third-order valence-electron chi connectivity index (χ3n) is 7.45. The maximum Gasteiger partial charge on any atom is 0.329 e. The molecule has 1 aromatic rings. The second kappa shape index (κ2) is 13.7. The maximum atomic E-state index is 13.8. The summed E-state index contributed by atoms with van der Waals surface area (Å²) < 4.78 is 21.6. The van der Waals surface area contributed by atoms with Gasteiger partial charge < -0.3 is 23.8 Å². The predicted molar refractivity (Wildman–Crippen MR) is 138 cm³/mol. The lowest BCUT2D eigenvalue weighted by molar-refractivity contribution is -0.157. The number of ether oxygens (including phenoxy) is 4. The van der Waals surface area contributed by atoms with Gasteiger partial charge >= 0.3 is 11.9 Å². The van der Waals surface area contributed by atoms with Gasteiger partial charge in [-0.25, -0.2) is 4.79 Å². The molecule has 0 aromatic heterocycles. The molecule has 1 saturated carbocycles. The molecule has 0 spiro atoms. The Bertz CT molecular complexity index is 937. The summed E-state index contributed by atoms with van der Waals surface area (Å²) in [5, 5.41) is 3.17. The highest BCUT2D eigenvalue weighted by atomic mass is 16.5. The van der Waals surface area contributed by atoms with Crippen molar-refractivity contribution >= 4 is 17.8 Å². The van der Waals surface area contributed by atoms with Crippen LogP contribution in [-0.2, 0) is 30.5 Å². The largest absolute Gasteiger partial charge is 0.497 e. The van der Waals surface area contributed by atoms with E-state index in [0.717, 1.165) is 37.7 Å². The lowest BCUT2D eigenvalue weighted by atomic mass is 9.84. The molecule has 1 aromatic carbocycles. The van der Waals surface area contributed by atoms with Crippen LogP contribution in [0.4, 0.5) is 0 Å². The number of nitrogens with one attached hydrogen (secondary N) is 1. The quantitative estimate of drug-likeness (QED) is 0.419. The zero-order valence-corrected chi connectivity index (χ0v) is 22.8. The van der Waals surface area contributed by atoms with Crippen LogP contribution in [0.5, 0.6) is 11.5 Å². The topological polar surface area (TPSA) is 103 Å². The summed E-state index contributed by atoms with van der Waals surface area (Å²) in [7, 11) is 3.13. The summed E-state index contributed by atoms with van der Waals surface area (Å²) >= 11 is 0. The minimum atomic E-state index is -0.652. The Kier molecular flexibility index (Phi) is 10.6. The molecule has 5 unspecified atom stereocenters. The van der Waals surface area contributed by atoms with E-state index < -0.39 is 24.1 Å². The number of nitrogens with zero attached hydrogens (tertiary/aromatic N) is 1. The van der Waals surface area contributed by atoms with Crippen LogP contribution in [0.3, 0.4) is 0 Å². The van der Waals surface area contributed by atoms with Crippen LogP contribution < -0.4 is 14.8 Å². The van der Waals surface area contributed by atoms with Crippen LogP contribution in [0.1, 0.15) is 71.3 Å². The Morgan fingerprint density at radius 1 is 1.08 bits per heavy atom. The van der Waals surface area contributed by atoms with E-state index in [1.54, 1.807) is 51.2 Å². The number of carbonyl (C=O) groups is 3. The standard InChI is InChI=1S/C28H42N2O7/c1-6-10-22(27(32)36-7-2)29-18(3)26(31)30-23-12-9-8-11-19(23)15-24(30)28(33)37-17-20-13-14-21(34-4)16-25(20)35-5/h13-14,16,18-19,22-24,29H,6-12,15,17H2,1-5H3. The van der Waals surface area contributed by atoms with E-state index in [0.29, 0.717) is 24.3 Å². The molecule has 1 amide bonds. The van der Waals surface area contributed by atoms with E-state index in [2.05, 4.69) is 5.32 Å². The predicted octanol–water partition coefficient (Wildman–Crippen LogP) is 3.62. The summed E-state index contributed by atoms with van der Waals surface area (Å²) in [4.78, 5) is 41.3. The Morgan fingerprint density at radius 2 is 1.84 bits per heavy atom. The number of rotatable bonds is 12. The van der Waals surface area contributed by atoms with Gasteiger partial charge in [0.25, 0.3) is 0 Å². The zero-order valence-electron chi connectivity index (χ0n) is 22.8. The lowest BCUT2D eigenvalue weighted by Gasteiger charge is -2.35. The van der Waals surface area contributed by atoms with Gasteiger partial charge in [0, 0.05) is 17.7 Å². The summed E-state index contributed by atoms with van der Waals surface area (Å²) in [6.07, 6.45) is 5.93. The molecule has 9 nitrogen and oxygen atoms in total. The molecule has 0 bridgehead atoms. The highest BCUT2D eigenvalue weighted by Gasteiger charge is 2.49. The molecule has 206 valence electrons. The van der Waals surface area contributed by atoms with Crippen molar-refractivity contribution in [2.75, 3.05) is 20.8 Å². The molecule has 2 aliphatic rings. The van der Waals surface area contributed by atoms with Gasteiger partial charge in [-0.15, -0.1) is 0 Å². The number of amides is 1. The lowest BCUT2D eigenvalue weighted by Crippen LogP contribution is -2.55. The van der Waals surface area contributed by atoms with Crippen LogP contribution in [-0.4, -0.2) is 67.7 Å². The van der Waals surface area contributed by atoms with Gasteiger partial charge in [-0.1, -0.05) is 26.2 Å². The summed E-state index contributed by atoms with van der Waals surface area (Å²) in [6.45, 7) is 5.82. The van der Waals surface area contributed by atoms with Gasteiger partial charge in [-0.2, -0.15) is 0 Å². The number of esters is 2. The van der Waals surface area contributed by atoms with Crippen molar-refractivity contribution in [2.45, 2.75) is 96.5 Å². The first kappa shape index (κ1) is 28.8. The molecule has 3 rings (SSSR count). The highest BCUT2D eigenvalue weighted by molar-refractivity contribution is 5.89. The van der Waals surface area contributed by atoms with Crippen LogP contribution in [0, 0.1) is 5.92 Å². The highest BCUT2D eigenvalue weighted by Crippen LogP contribution is 2.40. The minimum Gasteiger partial charge on any atom is -0.497 e. The fourth-order valence-corrected chi connectivity index (χ4v) is 5.60. The fraction of sp³-hybridized carbons (Fsp3) is 0.679. The van der Waals surface area contributed by atoms with E-state index in [-0.39, 0.29) is 37.0 Å². The molecule has 1 aliphatic heterocycles. The van der Waals surface area contributed by atoms with E-state index in [4.69, 9.17) is 18.9 Å². The van der Waals surface area contributed by atoms with E-state index in [1.807, 2.05) is 6.92 Å². The number of likely N-dealkylation sites (tertiary alicyclic amines) is 1. The third kappa shape index (κ3) is 6.94. The SMILES string of the molecule is CCCC(NC(C)C(=O)N1C(C(=O)OCc2ccc(OC)cc2OC)CC2CCCCC21)C(=O)OCC. The van der Waals surface area contributed by atoms with Crippen molar-refractivity contribution in [2.24, 2.45) is 5.92 Å². The number of fused-ring (bicyclic) bond motifs is 1. The van der Waals surface area contributed by atoms with E-state index in [1.165, 1.54) is 0 Å². The molecule has 1 heterocycles. The zero-order chi connectivity index (χ0) is 26.9. The van der Waals surface area contributed by atoms with Crippen LogP contribution >= 0.6 is 0 Å². The van der Waals surface area contributed by atoms with Gasteiger partial charge in [0.15, 0.2) is 0 Å². The van der Waals surface area contributed by atoms with Crippen LogP contribution in [0.2, 0.25) is 0 Å². The number of hydrogen-bond acceptors (Lipinski definition) is 8. The summed E-state index contributed by atoms with van der Waals surface area (Å²) in [5.74, 6) is 0.542. The molecule has 1 saturated heterocycles. The molecule has 5 atom stereocenters. The van der Waals surface area contributed by atoms with Crippen LogP contribution in [0.25, 0.3) is 0 Å².